The number of nitrogens with zero attached hydrogens (tertiary/aromatic N) is 2. The van der Waals surface area contributed by atoms with Gasteiger partial charge in [0, 0.05) is 12.5 Å². The average molecular weight is 255 g/mol. The minimum Gasteiger partial charge on any atom is -0.302 e. The van der Waals surface area contributed by atoms with Gasteiger partial charge in [-0.1, -0.05) is 27.7 Å². The molecule has 0 radical (unpaired) electrons. The molecule has 0 spiro atoms. The number of aromatic nitrogens is 3. The number of aromatic amines is 1. The number of rotatable bonds is 4. The Morgan fingerprint density at radius 2 is 1.88 bits per heavy atom. The SMILES string of the molecule is CC(Cc1n[nH]c(=S)n1C(C)C)CC(C)(C)C. The first-order valence-electron chi connectivity index (χ1n) is 6.36. The Hall–Kier alpha value is -0.640. The Balaban J connectivity index is 2.79. The van der Waals surface area contributed by atoms with Crippen molar-refractivity contribution in [2.24, 2.45) is 11.3 Å². The first-order valence-corrected chi connectivity index (χ1v) is 6.77. The fourth-order valence-corrected chi connectivity index (χ4v) is 2.80. The lowest BCUT2D eigenvalue weighted by Gasteiger charge is -2.23. The van der Waals surface area contributed by atoms with Crippen LogP contribution in [0.4, 0.5) is 0 Å². The monoisotopic (exact) mass is 255 g/mol. The maximum absolute atomic E-state index is 5.26. The van der Waals surface area contributed by atoms with E-state index < -0.39 is 0 Å². The van der Waals surface area contributed by atoms with Crippen LogP contribution in [-0.2, 0) is 6.42 Å². The topological polar surface area (TPSA) is 33.6 Å². The van der Waals surface area contributed by atoms with Gasteiger partial charge in [-0.15, -0.1) is 0 Å². The van der Waals surface area contributed by atoms with Gasteiger partial charge in [-0.3, -0.25) is 5.10 Å². The molecule has 1 unspecified atom stereocenters. The third-order valence-electron chi connectivity index (χ3n) is 2.79. The van der Waals surface area contributed by atoms with Crippen molar-refractivity contribution in [2.75, 3.05) is 0 Å². The third-order valence-corrected chi connectivity index (χ3v) is 3.07. The zero-order chi connectivity index (χ0) is 13.2. The Kier molecular flexibility index (Phi) is 4.53. The van der Waals surface area contributed by atoms with Crippen molar-refractivity contribution in [1.82, 2.24) is 14.8 Å². The molecule has 1 aromatic heterocycles. The van der Waals surface area contributed by atoms with E-state index in [2.05, 4.69) is 56.3 Å². The maximum atomic E-state index is 5.26. The van der Waals surface area contributed by atoms with Gasteiger partial charge in [-0.05, 0) is 43.8 Å². The highest BCUT2D eigenvalue weighted by Crippen LogP contribution is 2.26. The fraction of sp³-hybridized carbons (Fsp3) is 0.846. The van der Waals surface area contributed by atoms with Gasteiger partial charge in [0.1, 0.15) is 5.82 Å². The molecule has 0 saturated carbocycles. The summed E-state index contributed by atoms with van der Waals surface area (Å²) < 4.78 is 2.85. The predicted molar refractivity (Wildman–Crippen MR) is 74.7 cm³/mol. The van der Waals surface area contributed by atoms with E-state index in [1.54, 1.807) is 0 Å². The van der Waals surface area contributed by atoms with Gasteiger partial charge in [0.15, 0.2) is 4.77 Å². The lowest BCUT2D eigenvalue weighted by atomic mass is 9.84. The van der Waals surface area contributed by atoms with Crippen molar-refractivity contribution in [3.8, 4) is 0 Å². The molecule has 1 aromatic rings. The van der Waals surface area contributed by atoms with Crippen molar-refractivity contribution < 1.29 is 0 Å². The van der Waals surface area contributed by atoms with E-state index in [-0.39, 0.29) is 0 Å². The van der Waals surface area contributed by atoms with Gasteiger partial charge in [-0.25, -0.2) is 0 Å². The second-order valence-corrected chi connectivity index (χ2v) is 6.87. The van der Waals surface area contributed by atoms with Crippen molar-refractivity contribution in [3.63, 3.8) is 0 Å². The maximum Gasteiger partial charge on any atom is 0.195 e. The molecule has 0 aliphatic heterocycles. The summed E-state index contributed by atoms with van der Waals surface area (Å²) in [5, 5.41) is 7.26. The zero-order valence-electron chi connectivity index (χ0n) is 11.9. The van der Waals surface area contributed by atoms with Crippen LogP contribution in [0.25, 0.3) is 0 Å². The van der Waals surface area contributed by atoms with Crippen LogP contribution in [-0.4, -0.2) is 14.8 Å². The second-order valence-electron chi connectivity index (χ2n) is 6.48. The number of nitrogens with one attached hydrogen (secondary N) is 1. The van der Waals surface area contributed by atoms with Crippen LogP contribution in [0.1, 0.15) is 59.8 Å². The first kappa shape index (κ1) is 14.4. The minimum atomic E-state index is 0.370. The summed E-state index contributed by atoms with van der Waals surface area (Å²) in [4.78, 5) is 0. The van der Waals surface area contributed by atoms with E-state index in [9.17, 15) is 0 Å². The molecule has 1 heterocycles. The van der Waals surface area contributed by atoms with E-state index in [0.29, 0.717) is 17.4 Å². The molecule has 0 saturated heterocycles. The smallest absolute Gasteiger partial charge is 0.195 e. The van der Waals surface area contributed by atoms with E-state index >= 15 is 0 Å². The van der Waals surface area contributed by atoms with Crippen molar-refractivity contribution in [3.05, 3.63) is 10.6 Å². The molecule has 1 atom stereocenters. The van der Waals surface area contributed by atoms with Gasteiger partial charge >= 0.3 is 0 Å². The summed E-state index contributed by atoms with van der Waals surface area (Å²) in [6, 6.07) is 0.373. The Morgan fingerprint density at radius 1 is 1.29 bits per heavy atom. The molecule has 0 aliphatic rings. The molecule has 0 fully saturated rings. The Morgan fingerprint density at radius 3 is 2.35 bits per heavy atom. The van der Waals surface area contributed by atoms with Gasteiger partial charge in [0.2, 0.25) is 0 Å². The van der Waals surface area contributed by atoms with Gasteiger partial charge in [0.05, 0.1) is 0 Å². The molecule has 0 aliphatic carbocycles. The summed E-state index contributed by atoms with van der Waals surface area (Å²) in [5.41, 5.74) is 0.370. The number of hydrogen-bond donors (Lipinski definition) is 1. The molecule has 0 amide bonds. The summed E-state index contributed by atoms with van der Waals surface area (Å²) in [7, 11) is 0. The quantitative estimate of drug-likeness (QED) is 0.820. The lowest BCUT2D eigenvalue weighted by Crippen LogP contribution is -2.16. The molecule has 4 heteroatoms. The number of hydrogen-bond acceptors (Lipinski definition) is 2. The molecule has 0 aromatic carbocycles. The minimum absolute atomic E-state index is 0.370. The number of H-pyrrole nitrogens is 1. The van der Waals surface area contributed by atoms with Gasteiger partial charge in [0.25, 0.3) is 0 Å². The molecule has 3 nitrogen and oxygen atoms in total. The lowest BCUT2D eigenvalue weighted by molar-refractivity contribution is 0.301. The molecule has 0 bridgehead atoms. The standard InChI is InChI=1S/C13H25N3S/c1-9(2)16-11(14-15-12(16)17)7-10(3)8-13(4,5)6/h9-10H,7-8H2,1-6H3,(H,15,17). The summed E-state index contributed by atoms with van der Waals surface area (Å²) in [6.07, 6.45) is 2.19. The highest BCUT2D eigenvalue weighted by molar-refractivity contribution is 7.71. The van der Waals surface area contributed by atoms with Crippen LogP contribution in [0.5, 0.6) is 0 Å². The molecule has 1 rings (SSSR count). The van der Waals surface area contributed by atoms with Crippen molar-refractivity contribution in [2.45, 2.75) is 60.4 Å². The second kappa shape index (κ2) is 5.34. The van der Waals surface area contributed by atoms with E-state index in [4.69, 9.17) is 12.2 Å². The third kappa shape index (κ3) is 4.26. The highest BCUT2D eigenvalue weighted by Gasteiger charge is 2.18. The van der Waals surface area contributed by atoms with Crippen LogP contribution in [0.2, 0.25) is 0 Å². The van der Waals surface area contributed by atoms with E-state index in [1.165, 1.54) is 6.42 Å². The van der Waals surface area contributed by atoms with Crippen LogP contribution < -0.4 is 0 Å². The summed E-state index contributed by atoms with van der Waals surface area (Å²) >= 11 is 5.26. The van der Waals surface area contributed by atoms with Gasteiger partial charge < -0.3 is 4.57 Å². The molecule has 1 N–H and O–H groups in total. The largest absolute Gasteiger partial charge is 0.302 e. The van der Waals surface area contributed by atoms with Crippen LogP contribution in [0.15, 0.2) is 0 Å². The van der Waals surface area contributed by atoms with Crippen LogP contribution >= 0.6 is 12.2 Å². The normalized spacial score (nSPS) is 14.3. The molecule has 98 valence electrons. The van der Waals surface area contributed by atoms with Crippen LogP contribution in [0.3, 0.4) is 0 Å². The highest BCUT2D eigenvalue weighted by atomic mass is 32.1. The predicted octanol–water partition coefficient (Wildman–Crippen LogP) is 4.14. The Labute approximate surface area is 110 Å². The Bertz CT molecular complexity index is 409. The molecule has 17 heavy (non-hydrogen) atoms. The van der Waals surface area contributed by atoms with Crippen molar-refractivity contribution in [1.29, 1.82) is 0 Å². The van der Waals surface area contributed by atoms with Gasteiger partial charge in [-0.2, -0.15) is 5.10 Å². The zero-order valence-corrected chi connectivity index (χ0v) is 12.7. The van der Waals surface area contributed by atoms with Crippen LogP contribution in [0, 0.1) is 16.1 Å². The first-order chi connectivity index (χ1) is 7.70. The molecular weight excluding hydrogens is 230 g/mol. The average Bonchev–Trinajstić information content (AvgIpc) is 2.42. The summed E-state index contributed by atoms with van der Waals surface area (Å²) in [5.74, 6) is 1.71. The van der Waals surface area contributed by atoms with E-state index in [1.807, 2.05) is 0 Å². The van der Waals surface area contributed by atoms with E-state index in [0.717, 1.165) is 17.0 Å². The summed E-state index contributed by atoms with van der Waals surface area (Å²) in [6.45, 7) is 13.4. The fourth-order valence-electron chi connectivity index (χ4n) is 2.44. The molecular formula is C13H25N3S. The van der Waals surface area contributed by atoms with Crippen molar-refractivity contribution >= 4 is 12.2 Å².